The Morgan fingerprint density at radius 1 is 1.15 bits per heavy atom. The molecule has 1 aromatic heterocycles. The summed E-state index contributed by atoms with van der Waals surface area (Å²) in [5, 5.41) is 3.32. The molecule has 2 aromatic carbocycles. The standard InChI is InChI=1S/C30H32Cl2FN3O4S/c1-19(10-13-35-29(37)28-24(31)17-34-18-25(28)32)36-14-11-21(12-15-36)30(16-23-26(33)4-3-5-27(23)40-30)20-6-8-22(9-7-20)41(2,38)39/h3-9,17-19,21H,10-16H2,1-2H3,(H,35,37). The van der Waals surface area contributed by atoms with Crippen molar-refractivity contribution >= 4 is 38.9 Å². The Labute approximate surface area is 249 Å². The number of halogens is 3. The van der Waals surface area contributed by atoms with Crippen molar-refractivity contribution in [3.63, 3.8) is 0 Å². The van der Waals surface area contributed by atoms with Crippen LogP contribution in [0.4, 0.5) is 4.39 Å². The predicted molar refractivity (Wildman–Crippen MR) is 157 cm³/mol. The molecule has 2 aliphatic rings. The van der Waals surface area contributed by atoms with Gasteiger partial charge in [-0.3, -0.25) is 9.78 Å². The van der Waals surface area contributed by atoms with Gasteiger partial charge >= 0.3 is 0 Å². The third-order valence-corrected chi connectivity index (χ3v) is 10.0. The van der Waals surface area contributed by atoms with E-state index in [1.807, 2.05) is 0 Å². The summed E-state index contributed by atoms with van der Waals surface area (Å²) in [5.41, 5.74) is 0.844. The number of pyridine rings is 1. The molecule has 41 heavy (non-hydrogen) atoms. The van der Waals surface area contributed by atoms with Crippen LogP contribution in [0.2, 0.25) is 10.0 Å². The lowest BCUT2D eigenvalue weighted by Crippen LogP contribution is -2.48. The minimum atomic E-state index is -3.35. The topological polar surface area (TPSA) is 88.6 Å². The molecule has 1 saturated heterocycles. The number of carbonyl (C=O) groups is 1. The second kappa shape index (κ2) is 11.9. The van der Waals surface area contributed by atoms with Crippen LogP contribution in [0.5, 0.6) is 5.75 Å². The molecule has 1 fully saturated rings. The fraction of sp³-hybridized carbons (Fsp3) is 0.400. The van der Waals surface area contributed by atoms with E-state index < -0.39 is 15.4 Å². The fourth-order valence-electron chi connectivity index (χ4n) is 6.01. The smallest absolute Gasteiger partial charge is 0.254 e. The number of amides is 1. The van der Waals surface area contributed by atoms with Crippen molar-refractivity contribution in [1.82, 2.24) is 15.2 Å². The molecule has 0 aliphatic carbocycles. The number of fused-ring (bicyclic) bond motifs is 1. The van der Waals surface area contributed by atoms with Crippen molar-refractivity contribution < 1.29 is 22.3 Å². The Hall–Kier alpha value is -2.72. The van der Waals surface area contributed by atoms with Gasteiger partial charge in [0, 0.05) is 49.1 Å². The maximum Gasteiger partial charge on any atom is 0.254 e. The van der Waals surface area contributed by atoms with Crippen LogP contribution in [0.15, 0.2) is 59.8 Å². The highest BCUT2D eigenvalue weighted by Crippen LogP contribution is 2.50. The van der Waals surface area contributed by atoms with E-state index in [0.717, 1.165) is 37.9 Å². The van der Waals surface area contributed by atoms with Gasteiger partial charge in [-0.2, -0.15) is 0 Å². The van der Waals surface area contributed by atoms with Crippen LogP contribution >= 0.6 is 23.2 Å². The number of hydrogen-bond acceptors (Lipinski definition) is 6. The first-order chi connectivity index (χ1) is 19.5. The van der Waals surface area contributed by atoms with E-state index in [9.17, 15) is 17.6 Å². The maximum atomic E-state index is 14.8. The molecule has 5 rings (SSSR count). The van der Waals surface area contributed by atoms with Gasteiger partial charge in [-0.15, -0.1) is 0 Å². The molecule has 0 radical (unpaired) electrons. The molecule has 1 N–H and O–H groups in total. The van der Waals surface area contributed by atoms with E-state index in [-0.39, 0.29) is 44.2 Å². The summed E-state index contributed by atoms with van der Waals surface area (Å²) in [6.07, 6.45) is 6.74. The van der Waals surface area contributed by atoms with Crippen LogP contribution < -0.4 is 10.1 Å². The van der Waals surface area contributed by atoms with E-state index in [4.69, 9.17) is 27.9 Å². The summed E-state index contributed by atoms with van der Waals surface area (Å²) in [6, 6.07) is 11.9. The fourth-order valence-corrected chi connectivity index (χ4v) is 7.18. The summed E-state index contributed by atoms with van der Waals surface area (Å²) in [7, 11) is -3.35. The second-order valence-corrected chi connectivity index (χ2v) is 13.7. The number of carbonyl (C=O) groups excluding carboxylic acids is 1. The molecule has 0 bridgehead atoms. The molecule has 3 aromatic rings. The van der Waals surface area contributed by atoms with Gasteiger partial charge in [0.2, 0.25) is 0 Å². The molecule has 2 atom stereocenters. The van der Waals surface area contributed by atoms with E-state index in [0.29, 0.717) is 24.3 Å². The molecule has 2 unspecified atom stereocenters. The molecule has 2 aliphatic heterocycles. The largest absolute Gasteiger partial charge is 0.482 e. The zero-order valence-electron chi connectivity index (χ0n) is 22.9. The zero-order valence-corrected chi connectivity index (χ0v) is 25.2. The van der Waals surface area contributed by atoms with Crippen molar-refractivity contribution in [2.45, 2.75) is 49.1 Å². The molecule has 218 valence electrons. The number of nitrogens with one attached hydrogen (secondary N) is 1. The number of hydrogen-bond donors (Lipinski definition) is 1. The van der Waals surface area contributed by atoms with Crippen molar-refractivity contribution in [1.29, 1.82) is 0 Å². The molecule has 0 saturated carbocycles. The van der Waals surface area contributed by atoms with Gasteiger partial charge < -0.3 is 15.0 Å². The minimum Gasteiger partial charge on any atom is -0.482 e. The van der Waals surface area contributed by atoms with Crippen LogP contribution in [0, 0.1) is 11.7 Å². The molecular weight excluding hydrogens is 588 g/mol. The van der Waals surface area contributed by atoms with Crippen molar-refractivity contribution in [2.75, 3.05) is 25.9 Å². The van der Waals surface area contributed by atoms with Crippen molar-refractivity contribution in [3.8, 4) is 5.75 Å². The number of benzene rings is 2. The predicted octanol–water partition coefficient (Wildman–Crippen LogP) is 5.68. The molecule has 0 spiro atoms. The lowest BCUT2D eigenvalue weighted by Gasteiger charge is -2.44. The van der Waals surface area contributed by atoms with Gasteiger partial charge in [-0.05, 0) is 69.1 Å². The molecule has 3 heterocycles. The van der Waals surface area contributed by atoms with Gasteiger partial charge in [-0.1, -0.05) is 41.4 Å². The Morgan fingerprint density at radius 3 is 2.41 bits per heavy atom. The Morgan fingerprint density at radius 2 is 1.80 bits per heavy atom. The van der Waals surface area contributed by atoms with Gasteiger partial charge in [-0.25, -0.2) is 12.8 Å². The van der Waals surface area contributed by atoms with E-state index in [1.54, 1.807) is 36.4 Å². The highest BCUT2D eigenvalue weighted by Gasteiger charge is 2.49. The number of sulfone groups is 1. The lowest BCUT2D eigenvalue weighted by molar-refractivity contribution is -0.0143. The van der Waals surface area contributed by atoms with Crippen LogP contribution in [0.25, 0.3) is 0 Å². The Bertz CT molecular complexity index is 1530. The van der Waals surface area contributed by atoms with Crippen LogP contribution in [-0.2, 0) is 21.9 Å². The third-order valence-electron chi connectivity index (χ3n) is 8.32. The number of rotatable bonds is 8. The van der Waals surface area contributed by atoms with Crippen molar-refractivity contribution in [2.24, 2.45) is 5.92 Å². The molecule has 7 nitrogen and oxygen atoms in total. The number of nitrogens with zero attached hydrogens (tertiary/aromatic N) is 2. The first kappa shape index (κ1) is 29.8. The Balaban J connectivity index is 1.26. The lowest BCUT2D eigenvalue weighted by atomic mass is 9.73. The highest BCUT2D eigenvalue weighted by molar-refractivity contribution is 7.90. The summed E-state index contributed by atoms with van der Waals surface area (Å²) in [5.74, 6) is 0.0116. The van der Waals surface area contributed by atoms with Crippen molar-refractivity contribution in [3.05, 3.63) is 87.4 Å². The van der Waals surface area contributed by atoms with Gasteiger partial charge in [0.15, 0.2) is 9.84 Å². The normalized spacial score (nSPS) is 20.3. The van der Waals surface area contributed by atoms with E-state index >= 15 is 0 Å². The van der Waals surface area contributed by atoms with Gasteiger partial charge in [0.25, 0.3) is 5.91 Å². The van der Waals surface area contributed by atoms with Crippen LogP contribution in [-0.4, -0.2) is 56.1 Å². The minimum absolute atomic E-state index is 0.0949. The average Bonchev–Trinajstić information content (AvgIpc) is 3.35. The first-order valence-electron chi connectivity index (χ1n) is 13.6. The summed E-state index contributed by atoms with van der Waals surface area (Å²) >= 11 is 12.2. The van der Waals surface area contributed by atoms with E-state index in [2.05, 4.69) is 22.1 Å². The Kier molecular flexibility index (Phi) is 8.62. The number of likely N-dealkylation sites (tertiary alicyclic amines) is 1. The number of aromatic nitrogens is 1. The van der Waals surface area contributed by atoms with Gasteiger partial charge in [0.05, 0.1) is 20.5 Å². The van der Waals surface area contributed by atoms with Crippen LogP contribution in [0.1, 0.15) is 47.7 Å². The zero-order chi connectivity index (χ0) is 29.4. The summed E-state index contributed by atoms with van der Waals surface area (Å²) in [6.45, 7) is 4.22. The third kappa shape index (κ3) is 6.09. The molecule has 11 heteroatoms. The van der Waals surface area contributed by atoms with Gasteiger partial charge in [0.1, 0.15) is 17.2 Å². The molecule has 1 amide bonds. The maximum absolute atomic E-state index is 14.8. The monoisotopic (exact) mass is 619 g/mol. The number of ether oxygens (including phenoxy) is 1. The summed E-state index contributed by atoms with van der Waals surface area (Å²) < 4.78 is 45.5. The highest BCUT2D eigenvalue weighted by atomic mass is 35.5. The van der Waals surface area contributed by atoms with E-state index in [1.165, 1.54) is 24.7 Å². The van der Waals surface area contributed by atoms with Crippen LogP contribution in [0.3, 0.4) is 0 Å². The average molecular weight is 621 g/mol. The molecular formula is C30H32Cl2FN3O4S. The number of piperidine rings is 1. The quantitative estimate of drug-likeness (QED) is 0.349. The first-order valence-corrected chi connectivity index (χ1v) is 16.2. The second-order valence-electron chi connectivity index (χ2n) is 10.9. The summed E-state index contributed by atoms with van der Waals surface area (Å²) in [4.78, 5) is 19.1. The SMILES string of the molecule is CC(CCNC(=O)c1c(Cl)cncc1Cl)N1CCC(C2(c3ccc(S(C)(=O)=O)cc3)Cc3c(F)cccc3O2)CC1.